The van der Waals surface area contributed by atoms with E-state index in [0.29, 0.717) is 5.56 Å². The molecule has 3 unspecified atom stereocenters. The molecule has 0 radical (unpaired) electrons. The topological polar surface area (TPSA) is 67.9 Å². The van der Waals surface area contributed by atoms with Crippen LogP contribution in [0.5, 0.6) is 0 Å². The van der Waals surface area contributed by atoms with Gasteiger partial charge in [0.05, 0.1) is 18.2 Å². The van der Waals surface area contributed by atoms with E-state index in [4.69, 9.17) is 0 Å². The quantitative estimate of drug-likeness (QED) is 0.517. The standard InChI is InChI=1S/C27H17F2N3O/c28-20-10-8-18(9-11-20)23-24(25(33)19-5-3-6-21(29)14-19)32-13-12-17-4-1-2-7-22(17)26(32)27(23,15-30)16-31/h1-14,23-24,26H. The van der Waals surface area contributed by atoms with Crippen LogP contribution in [0.2, 0.25) is 0 Å². The van der Waals surface area contributed by atoms with Crippen molar-refractivity contribution in [3.63, 3.8) is 0 Å². The van der Waals surface area contributed by atoms with Crippen molar-refractivity contribution in [2.75, 3.05) is 0 Å². The molecule has 4 nitrogen and oxygen atoms in total. The normalized spacial score (nSPS) is 22.1. The highest BCUT2D eigenvalue weighted by molar-refractivity contribution is 6.01. The lowest BCUT2D eigenvalue weighted by Gasteiger charge is -2.34. The van der Waals surface area contributed by atoms with Crippen LogP contribution >= 0.6 is 0 Å². The van der Waals surface area contributed by atoms with Crippen LogP contribution < -0.4 is 0 Å². The number of hydrogen-bond acceptors (Lipinski definition) is 4. The fourth-order valence-corrected chi connectivity index (χ4v) is 5.15. The van der Waals surface area contributed by atoms with Crippen LogP contribution in [-0.4, -0.2) is 16.7 Å². The summed E-state index contributed by atoms with van der Waals surface area (Å²) in [6.45, 7) is 0. The minimum atomic E-state index is -1.65. The van der Waals surface area contributed by atoms with Crippen molar-refractivity contribution in [3.8, 4) is 12.1 Å². The Hall–Kier alpha value is -4.29. The summed E-state index contributed by atoms with van der Waals surface area (Å²) in [5.74, 6) is -2.33. The number of hydrogen-bond donors (Lipinski definition) is 0. The molecule has 0 amide bonds. The Morgan fingerprint density at radius 1 is 0.909 bits per heavy atom. The zero-order valence-corrected chi connectivity index (χ0v) is 17.3. The van der Waals surface area contributed by atoms with Crippen LogP contribution in [0.4, 0.5) is 8.78 Å². The van der Waals surface area contributed by atoms with Gasteiger partial charge < -0.3 is 4.90 Å². The average molecular weight is 437 g/mol. The maximum atomic E-state index is 14.0. The van der Waals surface area contributed by atoms with E-state index in [1.165, 1.54) is 42.5 Å². The summed E-state index contributed by atoms with van der Waals surface area (Å²) >= 11 is 0. The highest BCUT2D eigenvalue weighted by Gasteiger charge is 2.63. The van der Waals surface area contributed by atoms with E-state index in [1.807, 2.05) is 30.3 Å². The molecular weight excluding hydrogens is 420 g/mol. The summed E-state index contributed by atoms with van der Waals surface area (Å²) in [6.07, 6.45) is 3.56. The number of ketones is 1. The molecule has 2 heterocycles. The highest BCUT2D eigenvalue weighted by atomic mass is 19.1. The van der Waals surface area contributed by atoms with Gasteiger partial charge in [-0.25, -0.2) is 8.78 Å². The average Bonchev–Trinajstić information content (AvgIpc) is 3.15. The predicted molar refractivity (Wildman–Crippen MR) is 117 cm³/mol. The predicted octanol–water partition coefficient (Wildman–Crippen LogP) is 5.37. The van der Waals surface area contributed by atoms with E-state index >= 15 is 0 Å². The fourth-order valence-electron chi connectivity index (χ4n) is 5.15. The first kappa shape index (κ1) is 20.6. The SMILES string of the molecule is N#CC1(C#N)C(c2ccc(F)cc2)C(C(=O)c2cccc(F)c2)N2C=Cc3ccccc3C21. The van der Waals surface area contributed by atoms with Crippen LogP contribution in [0.15, 0.2) is 79.0 Å². The number of nitrogens with zero attached hydrogens (tertiary/aromatic N) is 3. The van der Waals surface area contributed by atoms with E-state index < -0.39 is 40.8 Å². The van der Waals surface area contributed by atoms with Gasteiger partial charge in [-0.2, -0.15) is 10.5 Å². The summed E-state index contributed by atoms with van der Waals surface area (Å²) in [5.41, 5.74) is 0.598. The number of halogens is 2. The minimum Gasteiger partial charge on any atom is -0.357 e. The number of nitriles is 2. The van der Waals surface area contributed by atoms with E-state index in [0.717, 1.165) is 17.2 Å². The van der Waals surface area contributed by atoms with Crippen LogP contribution in [0.3, 0.4) is 0 Å². The van der Waals surface area contributed by atoms with Crippen LogP contribution in [-0.2, 0) is 0 Å². The van der Waals surface area contributed by atoms with E-state index in [-0.39, 0.29) is 5.56 Å². The molecule has 2 aliphatic rings. The Morgan fingerprint density at radius 3 is 2.33 bits per heavy atom. The molecule has 1 saturated heterocycles. The Kier molecular flexibility index (Phi) is 4.80. The van der Waals surface area contributed by atoms with Crippen molar-refractivity contribution in [2.24, 2.45) is 5.41 Å². The molecule has 2 aliphatic heterocycles. The molecule has 0 spiro atoms. The molecule has 0 bridgehead atoms. The van der Waals surface area contributed by atoms with Gasteiger partial charge in [0, 0.05) is 17.7 Å². The second-order valence-corrected chi connectivity index (χ2v) is 8.24. The smallest absolute Gasteiger partial charge is 0.186 e. The van der Waals surface area contributed by atoms with Crippen LogP contribution in [0.25, 0.3) is 6.08 Å². The van der Waals surface area contributed by atoms with Crippen molar-refractivity contribution in [1.82, 2.24) is 4.90 Å². The van der Waals surface area contributed by atoms with Gasteiger partial charge in [-0.05, 0) is 47.0 Å². The number of rotatable bonds is 3. The molecule has 160 valence electrons. The molecule has 33 heavy (non-hydrogen) atoms. The molecule has 0 aliphatic carbocycles. The van der Waals surface area contributed by atoms with Gasteiger partial charge in [0.25, 0.3) is 0 Å². The molecule has 3 atom stereocenters. The maximum Gasteiger partial charge on any atom is 0.186 e. The lowest BCUT2D eigenvalue weighted by molar-refractivity contribution is 0.0874. The molecule has 3 aromatic rings. The van der Waals surface area contributed by atoms with Gasteiger partial charge in [-0.3, -0.25) is 4.79 Å². The van der Waals surface area contributed by atoms with Crippen molar-refractivity contribution in [1.29, 1.82) is 10.5 Å². The van der Waals surface area contributed by atoms with Gasteiger partial charge in [0.2, 0.25) is 0 Å². The molecule has 0 saturated carbocycles. The summed E-state index contributed by atoms with van der Waals surface area (Å²) in [4.78, 5) is 15.5. The van der Waals surface area contributed by atoms with Gasteiger partial charge in [0.1, 0.15) is 17.7 Å². The Balaban J connectivity index is 1.77. The van der Waals surface area contributed by atoms with Gasteiger partial charge in [0.15, 0.2) is 11.2 Å². The second-order valence-electron chi connectivity index (χ2n) is 8.24. The lowest BCUT2D eigenvalue weighted by atomic mass is 9.67. The lowest BCUT2D eigenvalue weighted by Crippen LogP contribution is -2.37. The molecule has 0 aromatic heterocycles. The van der Waals surface area contributed by atoms with Gasteiger partial charge in [-0.15, -0.1) is 0 Å². The van der Waals surface area contributed by atoms with Crippen molar-refractivity contribution in [3.05, 3.63) is 113 Å². The van der Waals surface area contributed by atoms with E-state index in [1.54, 1.807) is 11.1 Å². The van der Waals surface area contributed by atoms with Crippen molar-refractivity contribution >= 4 is 11.9 Å². The first-order valence-corrected chi connectivity index (χ1v) is 10.4. The Labute approximate surface area is 189 Å². The number of fused-ring (bicyclic) bond motifs is 3. The summed E-state index contributed by atoms with van der Waals surface area (Å²) < 4.78 is 27.7. The first-order chi connectivity index (χ1) is 16.0. The van der Waals surface area contributed by atoms with E-state index in [9.17, 15) is 24.1 Å². The molecule has 1 fully saturated rings. The fraction of sp³-hybridized carbons (Fsp3) is 0.148. The number of carbonyl (C=O) groups is 1. The Bertz CT molecular complexity index is 1350. The first-order valence-electron chi connectivity index (χ1n) is 10.4. The number of benzene rings is 3. The third-order valence-electron chi connectivity index (χ3n) is 6.55. The molecule has 0 N–H and O–H groups in total. The van der Waals surface area contributed by atoms with Gasteiger partial charge >= 0.3 is 0 Å². The van der Waals surface area contributed by atoms with E-state index in [2.05, 4.69) is 12.1 Å². The highest BCUT2D eigenvalue weighted by Crippen LogP contribution is 2.60. The second kappa shape index (κ2) is 7.69. The van der Waals surface area contributed by atoms with Crippen molar-refractivity contribution < 1.29 is 13.6 Å². The zero-order valence-electron chi connectivity index (χ0n) is 17.3. The Morgan fingerprint density at radius 2 is 1.64 bits per heavy atom. The zero-order chi connectivity index (χ0) is 23.2. The van der Waals surface area contributed by atoms with Crippen molar-refractivity contribution in [2.45, 2.75) is 18.0 Å². The van der Waals surface area contributed by atoms with Crippen LogP contribution in [0.1, 0.15) is 39.0 Å². The third kappa shape index (κ3) is 3.03. The minimum absolute atomic E-state index is 0.143. The maximum absolute atomic E-state index is 14.0. The summed E-state index contributed by atoms with van der Waals surface area (Å²) in [5, 5.41) is 20.8. The monoisotopic (exact) mass is 437 g/mol. The van der Waals surface area contributed by atoms with Gasteiger partial charge in [-0.1, -0.05) is 48.5 Å². The van der Waals surface area contributed by atoms with Crippen LogP contribution in [0, 0.1) is 39.7 Å². The molecule has 3 aromatic carbocycles. The molecule has 5 rings (SSSR count). The third-order valence-corrected chi connectivity index (χ3v) is 6.55. The summed E-state index contributed by atoms with van der Waals surface area (Å²) in [6, 6.07) is 21.0. The number of Topliss-reactive ketones (excluding diaryl/α,β-unsaturated/α-hetero) is 1. The largest absolute Gasteiger partial charge is 0.357 e. The number of carbonyl (C=O) groups excluding carboxylic acids is 1. The molecular formula is C27H17F2N3O. The molecule has 6 heteroatoms. The summed E-state index contributed by atoms with van der Waals surface area (Å²) in [7, 11) is 0.